The van der Waals surface area contributed by atoms with Crippen LogP contribution in [0.1, 0.15) is 67.5 Å². The Morgan fingerprint density at radius 1 is 1.07 bits per heavy atom. The summed E-state index contributed by atoms with van der Waals surface area (Å²) in [6, 6.07) is 14.3. The summed E-state index contributed by atoms with van der Waals surface area (Å²) >= 11 is 0. The van der Waals surface area contributed by atoms with E-state index in [1.165, 1.54) is 11.1 Å². The molecule has 0 saturated heterocycles. The van der Waals surface area contributed by atoms with Crippen LogP contribution in [0.3, 0.4) is 0 Å². The van der Waals surface area contributed by atoms with Gasteiger partial charge in [-0.1, -0.05) is 24.3 Å². The zero-order chi connectivity index (χ0) is 30.7. The molecule has 0 saturated carbocycles. The summed E-state index contributed by atoms with van der Waals surface area (Å²) < 4.78 is 39.0. The second kappa shape index (κ2) is 12.9. The van der Waals surface area contributed by atoms with Gasteiger partial charge in [-0.05, 0) is 99.7 Å². The number of fused-ring (bicyclic) bond motifs is 1. The first-order chi connectivity index (χ1) is 19.8. The average Bonchev–Trinajstić information content (AvgIpc) is 3.56. The van der Waals surface area contributed by atoms with Crippen LogP contribution < -0.4 is 14.2 Å². The molecule has 9 heteroatoms. The molecule has 1 aromatic heterocycles. The monoisotopic (exact) mass is 596 g/mol. The van der Waals surface area contributed by atoms with Crippen LogP contribution in [0.15, 0.2) is 54.9 Å². The van der Waals surface area contributed by atoms with E-state index in [2.05, 4.69) is 33.6 Å². The third-order valence-electron chi connectivity index (χ3n) is 8.29. The molecule has 0 spiro atoms. The number of aliphatic hydroxyl groups excluding tert-OH is 1. The van der Waals surface area contributed by atoms with Crippen LogP contribution in [0, 0.1) is 18.8 Å². The lowest BCUT2D eigenvalue weighted by atomic mass is 9.85. The number of carbonyl (C=O) groups is 1. The Bertz CT molecular complexity index is 1450. The van der Waals surface area contributed by atoms with Gasteiger partial charge in [0.1, 0.15) is 11.5 Å². The standard InChI is InChI=1S/C33H44N2O6S/c1-22-29(40-5)18-27(19-30(22)41-6)32(37)28(17-24-15-25-9-7-8-10-26(25)16-24)21-35-14-13-23(20-35)11-12-31(36)34-42(38,39)33(2,3)4/h7-10,13-14,18-20,24,28,32,37H,11-12,15-17,21H2,1-6H3,(H,34,36). The van der Waals surface area contributed by atoms with Gasteiger partial charge < -0.3 is 19.1 Å². The van der Waals surface area contributed by atoms with E-state index in [1.807, 2.05) is 37.5 Å². The highest BCUT2D eigenvalue weighted by Gasteiger charge is 2.31. The highest BCUT2D eigenvalue weighted by Crippen LogP contribution is 2.39. The maximum atomic E-state index is 12.4. The molecule has 2 unspecified atom stereocenters. The van der Waals surface area contributed by atoms with Crippen molar-refractivity contribution in [3.05, 3.63) is 82.7 Å². The smallest absolute Gasteiger partial charge is 0.239 e. The predicted octanol–water partition coefficient (Wildman–Crippen LogP) is 5.15. The molecule has 3 aromatic rings. The molecule has 2 N–H and O–H groups in total. The van der Waals surface area contributed by atoms with Crippen LogP contribution in [0.5, 0.6) is 11.5 Å². The molecule has 2 aromatic carbocycles. The molecule has 1 amide bonds. The molecule has 228 valence electrons. The number of aromatic nitrogens is 1. The topological polar surface area (TPSA) is 107 Å². The van der Waals surface area contributed by atoms with Crippen molar-refractivity contribution in [3.63, 3.8) is 0 Å². The van der Waals surface area contributed by atoms with Crippen molar-refractivity contribution < 1.29 is 27.8 Å². The van der Waals surface area contributed by atoms with Crippen molar-refractivity contribution >= 4 is 15.9 Å². The summed E-state index contributed by atoms with van der Waals surface area (Å²) in [7, 11) is -0.510. The number of aliphatic hydroxyl groups is 1. The van der Waals surface area contributed by atoms with Gasteiger partial charge in [-0.2, -0.15) is 0 Å². The maximum absolute atomic E-state index is 12.4. The van der Waals surface area contributed by atoms with Crippen LogP contribution in [0.2, 0.25) is 0 Å². The lowest BCUT2D eigenvalue weighted by molar-refractivity contribution is -0.119. The number of aryl methyl sites for hydroxylation is 1. The minimum absolute atomic E-state index is 0.0642. The molecule has 1 heterocycles. The van der Waals surface area contributed by atoms with Gasteiger partial charge in [0.2, 0.25) is 15.9 Å². The van der Waals surface area contributed by atoms with Crippen molar-refractivity contribution in [2.24, 2.45) is 11.8 Å². The largest absolute Gasteiger partial charge is 0.496 e. The maximum Gasteiger partial charge on any atom is 0.239 e. The van der Waals surface area contributed by atoms with Crippen molar-refractivity contribution in [3.8, 4) is 11.5 Å². The normalized spacial score (nSPS) is 15.2. The van der Waals surface area contributed by atoms with Gasteiger partial charge in [-0.3, -0.25) is 9.52 Å². The van der Waals surface area contributed by atoms with E-state index in [9.17, 15) is 18.3 Å². The Morgan fingerprint density at radius 2 is 1.67 bits per heavy atom. The summed E-state index contributed by atoms with van der Waals surface area (Å²) in [5.41, 5.74) is 5.32. The van der Waals surface area contributed by atoms with Gasteiger partial charge in [0.25, 0.3) is 0 Å². The molecule has 0 fully saturated rings. The number of hydrogen-bond acceptors (Lipinski definition) is 6. The molecule has 0 bridgehead atoms. The van der Waals surface area contributed by atoms with Gasteiger partial charge >= 0.3 is 0 Å². The van der Waals surface area contributed by atoms with Crippen molar-refractivity contribution in [2.75, 3.05) is 14.2 Å². The summed E-state index contributed by atoms with van der Waals surface area (Å²) in [5, 5.41) is 11.8. The average molecular weight is 597 g/mol. The zero-order valence-corrected chi connectivity index (χ0v) is 26.3. The number of ether oxygens (including phenoxy) is 2. The van der Waals surface area contributed by atoms with E-state index in [4.69, 9.17) is 9.47 Å². The first-order valence-electron chi connectivity index (χ1n) is 14.5. The van der Waals surface area contributed by atoms with Gasteiger partial charge in [0, 0.05) is 36.8 Å². The van der Waals surface area contributed by atoms with Gasteiger partial charge in [-0.25, -0.2) is 8.42 Å². The van der Waals surface area contributed by atoms with E-state index in [-0.39, 0.29) is 12.3 Å². The van der Waals surface area contributed by atoms with Gasteiger partial charge in [0.15, 0.2) is 0 Å². The number of amides is 1. The van der Waals surface area contributed by atoms with Crippen LogP contribution in [0.25, 0.3) is 0 Å². The first-order valence-corrected chi connectivity index (χ1v) is 16.0. The Kier molecular flexibility index (Phi) is 9.73. The number of nitrogens with one attached hydrogen (secondary N) is 1. The predicted molar refractivity (Wildman–Crippen MR) is 164 cm³/mol. The fourth-order valence-corrected chi connectivity index (χ4v) is 6.44. The Labute approximate surface area is 250 Å². The second-order valence-electron chi connectivity index (χ2n) is 12.4. The van der Waals surface area contributed by atoms with Crippen molar-refractivity contribution in [1.29, 1.82) is 0 Å². The third-order valence-corrected chi connectivity index (χ3v) is 10.4. The third kappa shape index (κ3) is 7.36. The molecule has 8 nitrogen and oxygen atoms in total. The molecule has 4 rings (SSSR count). The van der Waals surface area contributed by atoms with E-state index >= 15 is 0 Å². The Balaban J connectivity index is 1.50. The quantitative estimate of drug-likeness (QED) is 0.300. The number of carbonyl (C=O) groups excluding carboxylic acids is 1. The molecule has 0 radical (unpaired) electrons. The minimum Gasteiger partial charge on any atom is -0.496 e. The zero-order valence-electron chi connectivity index (χ0n) is 25.5. The summed E-state index contributed by atoms with van der Waals surface area (Å²) in [4.78, 5) is 12.4. The van der Waals surface area contributed by atoms with Crippen LogP contribution in [-0.4, -0.2) is 43.0 Å². The minimum atomic E-state index is -3.74. The first kappa shape index (κ1) is 31.6. The fraction of sp³-hybridized carbons (Fsp3) is 0.485. The molecule has 0 aliphatic heterocycles. The van der Waals surface area contributed by atoms with Crippen molar-refractivity contribution in [2.45, 2.75) is 77.2 Å². The van der Waals surface area contributed by atoms with Crippen LogP contribution >= 0.6 is 0 Å². The number of rotatable bonds is 12. The number of hydrogen-bond donors (Lipinski definition) is 2. The Morgan fingerprint density at radius 3 is 2.21 bits per heavy atom. The van der Waals surface area contributed by atoms with Crippen LogP contribution in [0.4, 0.5) is 0 Å². The van der Waals surface area contributed by atoms with E-state index in [0.717, 1.165) is 36.0 Å². The lowest BCUT2D eigenvalue weighted by Crippen LogP contribution is -2.42. The molecule has 1 aliphatic rings. The number of sulfonamides is 1. The van der Waals surface area contributed by atoms with Crippen LogP contribution in [-0.2, 0) is 40.6 Å². The number of benzene rings is 2. The summed E-state index contributed by atoms with van der Waals surface area (Å²) in [6.07, 6.45) is 6.46. The fourth-order valence-electron chi connectivity index (χ4n) is 5.73. The second-order valence-corrected chi connectivity index (χ2v) is 14.8. The number of methoxy groups -OCH3 is 2. The highest BCUT2D eigenvalue weighted by molar-refractivity contribution is 7.91. The van der Waals surface area contributed by atoms with Crippen molar-refractivity contribution in [1.82, 2.24) is 9.29 Å². The van der Waals surface area contributed by atoms with E-state index in [1.54, 1.807) is 35.0 Å². The number of nitrogens with zero attached hydrogens (tertiary/aromatic N) is 1. The van der Waals surface area contributed by atoms with E-state index < -0.39 is 26.8 Å². The molecule has 2 atom stereocenters. The lowest BCUT2D eigenvalue weighted by Gasteiger charge is -2.27. The molecular formula is C33H44N2O6S. The van der Waals surface area contributed by atoms with Gasteiger partial charge in [0.05, 0.1) is 25.1 Å². The SMILES string of the molecule is COc1cc(C(O)C(CC2Cc3ccccc3C2)Cn2ccc(CCC(=O)NS(=O)(=O)C(C)(C)C)c2)cc(OC)c1C. The highest BCUT2D eigenvalue weighted by atomic mass is 32.2. The molecule has 42 heavy (non-hydrogen) atoms. The Hall–Kier alpha value is -3.30. The van der Waals surface area contributed by atoms with E-state index in [0.29, 0.717) is 30.4 Å². The molecular weight excluding hydrogens is 552 g/mol. The van der Waals surface area contributed by atoms with Gasteiger partial charge in [-0.15, -0.1) is 0 Å². The molecule has 1 aliphatic carbocycles. The summed E-state index contributed by atoms with van der Waals surface area (Å²) in [5.74, 6) is 1.14. The summed E-state index contributed by atoms with van der Waals surface area (Å²) in [6.45, 7) is 7.18.